The first-order chi connectivity index (χ1) is 9.78. The van der Waals surface area contributed by atoms with Crippen LogP contribution in [0, 0.1) is 5.82 Å². The summed E-state index contributed by atoms with van der Waals surface area (Å²) in [6, 6.07) is 6.30. The van der Waals surface area contributed by atoms with Crippen molar-refractivity contribution in [2.24, 2.45) is 0 Å². The fourth-order valence-corrected chi connectivity index (χ4v) is 2.52. The minimum absolute atomic E-state index is 0.0873. The topological polar surface area (TPSA) is 43.6 Å². The molecule has 4 nitrogen and oxygen atoms in total. The molecule has 2 unspecified atom stereocenters. The van der Waals surface area contributed by atoms with Crippen molar-refractivity contribution < 1.29 is 18.3 Å². The number of likely N-dealkylation sites (N-methyl/N-ethyl adjacent to an activating group) is 1. The first-order valence-electron chi connectivity index (χ1n) is 6.89. The second kappa shape index (κ2) is 5.91. The van der Waals surface area contributed by atoms with E-state index in [9.17, 15) is 4.39 Å². The standard InChI is InChI=1S/C15H18FNO3/c1-2-17-15(14-9-18-5-6-19-14)13-8-10-7-11(16)3-4-12(10)20-13/h3-4,7-8,14-15,17H,2,5-6,9H2,1H3. The molecule has 1 fully saturated rings. The van der Waals surface area contributed by atoms with Crippen LogP contribution in [0.3, 0.4) is 0 Å². The van der Waals surface area contributed by atoms with Gasteiger partial charge in [-0.1, -0.05) is 6.92 Å². The van der Waals surface area contributed by atoms with E-state index >= 15 is 0 Å². The second-order valence-corrected chi connectivity index (χ2v) is 4.85. The zero-order valence-electron chi connectivity index (χ0n) is 11.4. The van der Waals surface area contributed by atoms with E-state index in [0.29, 0.717) is 25.4 Å². The van der Waals surface area contributed by atoms with Crippen LogP contribution in [0.15, 0.2) is 28.7 Å². The van der Waals surface area contributed by atoms with Crippen LogP contribution in [0.2, 0.25) is 0 Å². The molecule has 1 aromatic carbocycles. The van der Waals surface area contributed by atoms with E-state index in [-0.39, 0.29) is 18.0 Å². The monoisotopic (exact) mass is 279 g/mol. The number of hydrogen-bond donors (Lipinski definition) is 1. The highest BCUT2D eigenvalue weighted by Gasteiger charge is 2.28. The molecule has 2 heterocycles. The SMILES string of the molecule is CCNC(c1cc2cc(F)ccc2o1)C1COCCO1. The van der Waals surface area contributed by atoms with Gasteiger partial charge in [0.2, 0.25) is 0 Å². The average Bonchev–Trinajstić information content (AvgIpc) is 2.88. The van der Waals surface area contributed by atoms with Gasteiger partial charge in [-0.05, 0) is 30.8 Å². The fraction of sp³-hybridized carbons (Fsp3) is 0.467. The van der Waals surface area contributed by atoms with E-state index < -0.39 is 0 Å². The Morgan fingerprint density at radius 2 is 2.25 bits per heavy atom. The average molecular weight is 279 g/mol. The van der Waals surface area contributed by atoms with Crippen molar-refractivity contribution >= 4 is 11.0 Å². The van der Waals surface area contributed by atoms with Gasteiger partial charge in [-0.15, -0.1) is 0 Å². The number of fused-ring (bicyclic) bond motifs is 1. The van der Waals surface area contributed by atoms with E-state index in [4.69, 9.17) is 13.9 Å². The summed E-state index contributed by atoms with van der Waals surface area (Å²) >= 11 is 0. The number of furan rings is 1. The lowest BCUT2D eigenvalue weighted by Crippen LogP contribution is -2.40. The molecule has 0 spiro atoms. The molecule has 2 aromatic rings. The third-order valence-electron chi connectivity index (χ3n) is 3.44. The van der Waals surface area contributed by atoms with Crippen LogP contribution in [0.25, 0.3) is 11.0 Å². The Kier molecular flexibility index (Phi) is 4.00. The van der Waals surface area contributed by atoms with Crippen LogP contribution < -0.4 is 5.32 Å². The number of ether oxygens (including phenoxy) is 2. The Balaban J connectivity index is 1.91. The molecule has 2 atom stereocenters. The lowest BCUT2D eigenvalue weighted by molar-refractivity contribution is -0.104. The van der Waals surface area contributed by atoms with Crippen molar-refractivity contribution in [3.05, 3.63) is 35.8 Å². The third kappa shape index (κ3) is 2.70. The van der Waals surface area contributed by atoms with Crippen molar-refractivity contribution in [2.75, 3.05) is 26.4 Å². The second-order valence-electron chi connectivity index (χ2n) is 4.85. The molecule has 0 amide bonds. The summed E-state index contributed by atoms with van der Waals surface area (Å²) in [5, 5.41) is 4.12. The van der Waals surface area contributed by atoms with Crippen molar-refractivity contribution in [2.45, 2.75) is 19.1 Å². The van der Waals surface area contributed by atoms with Gasteiger partial charge in [0, 0.05) is 5.39 Å². The van der Waals surface area contributed by atoms with Gasteiger partial charge in [0.25, 0.3) is 0 Å². The summed E-state index contributed by atoms with van der Waals surface area (Å²) in [7, 11) is 0. The Hall–Kier alpha value is -1.43. The lowest BCUT2D eigenvalue weighted by atomic mass is 10.1. The highest BCUT2D eigenvalue weighted by molar-refractivity contribution is 5.78. The van der Waals surface area contributed by atoms with Crippen LogP contribution in [0.4, 0.5) is 4.39 Å². The van der Waals surface area contributed by atoms with E-state index in [1.54, 1.807) is 6.07 Å². The van der Waals surface area contributed by atoms with E-state index in [1.165, 1.54) is 12.1 Å². The maximum Gasteiger partial charge on any atom is 0.134 e. The smallest absolute Gasteiger partial charge is 0.134 e. The first kappa shape index (κ1) is 13.5. The number of benzene rings is 1. The molecule has 0 bridgehead atoms. The molecule has 1 N–H and O–H groups in total. The van der Waals surface area contributed by atoms with Crippen LogP contribution in [0.5, 0.6) is 0 Å². The summed E-state index contributed by atoms with van der Waals surface area (Å²) in [6.45, 7) is 4.56. The summed E-state index contributed by atoms with van der Waals surface area (Å²) in [5.41, 5.74) is 0.682. The molecular weight excluding hydrogens is 261 g/mol. The predicted octanol–water partition coefficient (Wildman–Crippen LogP) is 2.64. The highest BCUT2D eigenvalue weighted by atomic mass is 19.1. The van der Waals surface area contributed by atoms with E-state index in [0.717, 1.165) is 17.7 Å². The molecule has 3 rings (SSSR count). The largest absolute Gasteiger partial charge is 0.459 e. The van der Waals surface area contributed by atoms with Crippen molar-refractivity contribution in [1.82, 2.24) is 5.32 Å². The van der Waals surface area contributed by atoms with Gasteiger partial charge in [0.15, 0.2) is 0 Å². The molecule has 1 aliphatic heterocycles. The van der Waals surface area contributed by atoms with Gasteiger partial charge in [-0.2, -0.15) is 0 Å². The number of rotatable bonds is 4. The number of halogens is 1. The van der Waals surface area contributed by atoms with Gasteiger partial charge in [0.05, 0.1) is 25.9 Å². The Morgan fingerprint density at radius 3 is 3.00 bits per heavy atom. The highest BCUT2D eigenvalue weighted by Crippen LogP contribution is 2.28. The summed E-state index contributed by atoms with van der Waals surface area (Å²) in [4.78, 5) is 0. The van der Waals surface area contributed by atoms with E-state index in [1.807, 2.05) is 13.0 Å². The number of nitrogens with one attached hydrogen (secondary N) is 1. The van der Waals surface area contributed by atoms with Gasteiger partial charge in [-0.25, -0.2) is 4.39 Å². The van der Waals surface area contributed by atoms with Crippen molar-refractivity contribution in [1.29, 1.82) is 0 Å². The maximum absolute atomic E-state index is 13.2. The van der Waals surface area contributed by atoms with E-state index in [2.05, 4.69) is 5.32 Å². The molecule has 0 saturated carbocycles. The zero-order valence-corrected chi connectivity index (χ0v) is 11.4. The zero-order chi connectivity index (χ0) is 13.9. The van der Waals surface area contributed by atoms with Crippen LogP contribution in [0.1, 0.15) is 18.7 Å². The molecule has 0 aliphatic carbocycles. The first-order valence-corrected chi connectivity index (χ1v) is 6.89. The van der Waals surface area contributed by atoms with Crippen LogP contribution in [-0.4, -0.2) is 32.5 Å². The Labute approximate surface area is 116 Å². The minimum atomic E-state index is -0.262. The third-order valence-corrected chi connectivity index (χ3v) is 3.44. The molecule has 20 heavy (non-hydrogen) atoms. The molecule has 108 valence electrons. The number of hydrogen-bond acceptors (Lipinski definition) is 4. The lowest BCUT2D eigenvalue weighted by Gasteiger charge is -2.29. The van der Waals surface area contributed by atoms with Crippen molar-refractivity contribution in [3.8, 4) is 0 Å². The van der Waals surface area contributed by atoms with Gasteiger partial charge < -0.3 is 19.2 Å². The van der Waals surface area contributed by atoms with Gasteiger partial charge in [0.1, 0.15) is 23.3 Å². The molecule has 0 radical (unpaired) electrons. The summed E-state index contributed by atoms with van der Waals surface area (Å²) < 4.78 is 30.3. The van der Waals surface area contributed by atoms with Crippen molar-refractivity contribution in [3.63, 3.8) is 0 Å². The normalized spacial score (nSPS) is 21.2. The molecule has 1 aromatic heterocycles. The van der Waals surface area contributed by atoms with Crippen LogP contribution in [-0.2, 0) is 9.47 Å². The predicted molar refractivity (Wildman–Crippen MR) is 73.1 cm³/mol. The minimum Gasteiger partial charge on any atom is -0.459 e. The molecule has 5 heteroatoms. The molecular formula is C15H18FNO3. The van der Waals surface area contributed by atoms with Gasteiger partial charge >= 0.3 is 0 Å². The maximum atomic E-state index is 13.2. The summed E-state index contributed by atoms with van der Waals surface area (Å²) in [5.74, 6) is 0.491. The Morgan fingerprint density at radius 1 is 1.35 bits per heavy atom. The summed E-state index contributed by atoms with van der Waals surface area (Å²) in [6.07, 6.45) is -0.0888. The Bertz CT molecular complexity index is 578. The molecule has 1 saturated heterocycles. The van der Waals surface area contributed by atoms with Crippen LogP contribution >= 0.6 is 0 Å². The fourth-order valence-electron chi connectivity index (χ4n) is 2.52. The molecule has 1 aliphatic rings. The quantitative estimate of drug-likeness (QED) is 0.934. The van der Waals surface area contributed by atoms with Gasteiger partial charge in [-0.3, -0.25) is 0 Å².